The molecule has 178 valence electrons. The topological polar surface area (TPSA) is 113 Å². The Kier molecular flexibility index (Phi) is 8.08. The minimum atomic E-state index is -0.437. The normalized spacial score (nSPS) is 10.0. The standard InChI is InChI=1S/C14H12O4.C14H12O3/c1-18-9-6-7-11(13(16)8-9)14(17)10-4-2-3-5-12(10)15;1-17-11-7-8-12(13(15)9-11)14(16)10-5-3-2-4-6-10/h2-8,15-16H,1H3;2-9,15H,1H3. The summed E-state index contributed by atoms with van der Waals surface area (Å²) in [7, 11) is 2.98. The molecule has 0 saturated carbocycles. The van der Waals surface area contributed by atoms with Gasteiger partial charge in [0.1, 0.15) is 28.7 Å². The molecule has 0 atom stereocenters. The first-order chi connectivity index (χ1) is 16.8. The average Bonchev–Trinajstić information content (AvgIpc) is 2.89. The number of hydrogen-bond acceptors (Lipinski definition) is 7. The zero-order valence-corrected chi connectivity index (χ0v) is 19.1. The maximum atomic E-state index is 12.1. The highest BCUT2D eigenvalue weighted by Gasteiger charge is 2.17. The lowest BCUT2D eigenvalue weighted by Crippen LogP contribution is -2.02. The maximum absolute atomic E-state index is 12.1. The van der Waals surface area contributed by atoms with E-state index in [-0.39, 0.29) is 39.7 Å². The maximum Gasteiger partial charge on any atom is 0.200 e. The van der Waals surface area contributed by atoms with Crippen LogP contribution in [0.25, 0.3) is 0 Å². The van der Waals surface area contributed by atoms with Crippen LogP contribution >= 0.6 is 0 Å². The molecular weight excluding hydrogens is 448 g/mol. The second-order valence-corrected chi connectivity index (χ2v) is 7.31. The third-order valence-corrected chi connectivity index (χ3v) is 5.08. The number of phenols is 3. The lowest BCUT2D eigenvalue weighted by atomic mass is 10.0. The van der Waals surface area contributed by atoms with E-state index < -0.39 is 5.78 Å². The van der Waals surface area contributed by atoms with Gasteiger partial charge < -0.3 is 24.8 Å². The predicted octanol–water partition coefficient (Wildman–Crippen LogP) is 4.97. The van der Waals surface area contributed by atoms with E-state index in [9.17, 15) is 24.9 Å². The van der Waals surface area contributed by atoms with E-state index in [0.29, 0.717) is 17.1 Å². The molecule has 4 rings (SSSR count). The highest BCUT2D eigenvalue weighted by atomic mass is 16.5. The predicted molar refractivity (Wildman–Crippen MR) is 131 cm³/mol. The molecule has 35 heavy (non-hydrogen) atoms. The fourth-order valence-corrected chi connectivity index (χ4v) is 3.22. The van der Waals surface area contributed by atoms with Crippen LogP contribution in [0.5, 0.6) is 28.7 Å². The SMILES string of the molecule is COc1ccc(C(=O)c2ccccc2)c(O)c1.COc1ccc(C(=O)c2ccccc2O)c(O)c1. The van der Waals surface area contributed by atoms with Gasteiger partial charge in [0.25, 0.3) is 0 Å². The van der Waals surface area contributed by atoms with Crippen molar-refractivity contribution >= 4 is 11.6 Å². The van der Waals surface area contributed by atoms with Crippen LogP contribution in [0.3, 0.4) is 0 Å². The lowest BCUT2D eigenvalue weighted by Gasteiger charge is -2.07. The van der Waals surface area contributed by atoms with Crippen molar-refractivity contribution in [2.45, 2.75) is 0 Å². The van der Waals surface area contributed by atoms with E-state index in [1.54, 1.807) is 54.6 Å². The van der Waals surface area contributed by atoms with Crippen LogP contribution in [0, 0.1) is 0 Å². The summed E-state index contributed by atoms with van der Waals surface area (Å²) in [4.78, 5) is 24.2. The molecule has 0 bridgehead atoms. The molecule has 0 amide bonds. The minimum Gasteiger partial charge on any atom is -0.507 e. The zero-order chi connectivity index (χ0) is 25.4. The third-order valence-electron chi connectivity index (χ3n) is 5.08. The first-order valence-corrected chi connectivity index (χ1v) is 10.5. The molecule has 7 heteroatoms. The van der Waals surface area contributed by atoms with E-state index in [4.69, 9.17) is 9.47 Å². The van der Waals surface area contributed by atoms with E-state index >= 15 is 0 Å². The molecule has 7 nitrogen and oxygen atoms in total. The highest BCUT2D eigenvalue weighted by molar-refractivity contribution is 6.12. The van der Waals surface area contributed by atoms with E-state index in [1.165, 1.54) is 44.6 Å². The van der Waals surface area contributed by atoms with Crippen LogP contribution in [-0.4, -0.2) is 41.1 Å². The molecule has 3 N–H and O–H groups in total. The van der Waals surface area contributed by atoms with Gasteiger partial charge in [-0.25, -0.2) is 0 Å². The Hall–Kier alpha value is -4.78. The van der Waals surface area contributed by atoms with Crippen molar-refractivity contribution in [1.29, 1.82) is 0 Å². The number of methoxy groups -OCH3 is 2. The monoisotopic (exact) mass is 472 g/mol. The number of carbonyl (C=O) groups excluding carboxylic acids is 2. The smallest absolute Gasteiger partial charge is 0.200 e. The molecule has 0 radical (unpaired) electrons. The van der Waals surface area contributed by atoms with Gasteiger partial charge in [0, 0.05) is 17.7 Å². The molecule has 4 aromatic carbocycles. The first kappa shape index (κ1) is 24.9. The summed E-state index contributed by atoms with van der Waals surface area (Å²) in [6, 6.07) is 24.1. The molecule has 0 aliphatic carbocycles. The fraction of sp³-hybridized carbons (Fsp3) is 0.0714. The van der Waals surface area contributed by atoms with Crippen LogP contribution in [0.1, 0.15) is 31.8 Å². The van der Waals surface area contributed by atoms with Gasteiger partial charge >= 0.3 is 0 Å². The second kappa shape index (κ2) is 11.4. The summed E-state index contributed by atoms with van der Waals surface area (Å²) in [6.07, 6.45) is 0. The van der Waals surface area contributed by atoms with Crippen molar-refractivity contribution < 1.29 is 34.4 Å². The molecule has 0 aliphatic heterocycles. The van der Waals surface area contributed by atoms with Crippen LogP contribution in [-0.2, 0) is 0 Å². The summed E-state index contributed by atoms with van der Waals surface area (Å²) in [6.45, 7) is 0. The minimum absolute atomic E-state index is 0.0711. The number of ketones is 2. The van der Waals surface area contributed by atoms with Crippen LogP contribution < -0.4 is 9.47 Å². The Balaban J connectivity index is 0.000000196. The number of rotatable bonds is 6. The average molecular weight is 472 g/mol. The Morgan fingerprint density at radius 3 is 1.49 bits per heavy atom. The summed E-state index contributed by atoms with van der Waals surface area (Å²) in [5.74, 6) is -0.0222. The van der Waals surface area contributed by atoms with Gasteiger partial charge in [-0.1, -0.05) is 42.5 Å². The van der Waals surface area contributed by atoms with Crippen LogP contribution in [0.2, 0.25) is 0 Å². The van der Waals surface area contributed by atoms with Gasteiger partial charge in [-0.2, -0.15) is 0 Å². The van der Waals surface area contributed by atoms with Gasteiger partial charge in [0.05, 0.1) is 30.9 Å². The highest BCUT2D eigenvalue weighted by Crippen LogP contribution is 2.28. The first-order valence-electron chi connectivity index (χ1n) is 10.5. The molecular formula is C28H24O7. The molecule has 0 aromatic heterocycles. The molecule has 0 unspecified atom stereocenters. The molecule has 0 heterocycles. The van der Waals surface area contributed by atoms with Crippen molar-refractivity contribution in [3.8, 4) is 28.7 Å². The largest absolute Gasteiger partial charge is 0.507 e. The Morgan fingerprint density at radius 2 is 1.00 bits per heavy atom. The Labute approximate surface area is 202 Å². The number of aromatic hydroxyl groups is 3. The zero-order valence-electron chi connectivity index (χ0n) is 19.1. The van der Waals surface area contributed by atoms with Gasteiger partial charge in [-0.3, -0.25) is 9.59 Å². The van der Waals surface area contributed by atoms with Crippen molar-refractivity contribution in [3.05, 3.63) is 113 Å². The Morgan fingerprint density at radius 1 is 0.543 bits per heavy atom. The van der Waals surface area contributed by atoms with Crippen molar-refractivity contribution in [1.82, 2.24) is 0 Å². The van der Waals surface area contributed by atoms with Crippen molar-refractivity contribution in [2.24, 2.45) is 0 Å². The summed E-state index contributed by atoms with van der Waals surface area (Å²) in [5.41, 5.74) is 1.10. The number of para-hydroxylation sites is 1. The number of benzene rings is 4. The number of ether oxygens (including phenoxy) is 2. The molecule has 0 spiro atoms. The molecule has 0 aliphatic rings. The quantitative estimate of drug-likeness (QED) is 0.340. The van der Waals surface area contributed by atoms with Crippen LogP contribution in [0.15, 0.2) is 91.0 Å². The van der Waals surface area contributed by atoms with Crippen molar-refractivity contribution in [2.75, 3.05) is 14.2 Å². The van der Waals surface area contributed by atoms with Gasteiger partial charge in [-0.15, -0.1) is 0 Å². The number of hydrogen-bond donors (Lipinski definition) is 3. The molecule has 0 fully saturated rings. The third kappa shape index (κ3) is 5.97. The van der Waals surface area contributed by atoms with E-state index in [0.717, 1.165) is 0 Å². The number of carbonyl (C=O) groups is 2. The summed E-state index contributed by atoms with van der Waals surface area (Å²) < 4.78 is 9.90. The van der Waals surface area contributed by atoms with Crippen molar-refractivity contribution in [3.63, 3.8) is 0 Å². The second-order valence-electron chi connectivity index (χ2n) is 7.31. The van der Waals surface area contributed by atoms with E-state index in [2.05, 4.69) is 0 Å². The van der Waals surface area contributed by atoms with Gasteiger partial charge in [-0.05, 0) is 36.4 Å². The van der Waals surface area contributed by atoms with E-state index in [1.807, 2.05) is 6.07 Å². The molecule has 0 saturated heterocycles. The Bertz CT molecular complexity index is 1330. The summed E-state index contributed by atoms with van der Waals surface area (Å²) in [5, 5.41) is 29.1. The lowest BCUT2D eigenvalue weighted by molar-refractivity contribution is 0.102. The fourth-order valence-electron chi connectivity index (χ4n) is 3.22. The van der Waals surface area contributed by atoms with Gasteiger partial charge in [0.2, 0.25) is 0 Å². The molecule has 4 aromatic rings. The van der Waals surface area contributed by atoms with Gasteiger partial charge in [0.15, 0.2) is 11.6 Å². The number of phenolic OH excluding ortho intramolecular Hbond substituents is 3. The summed E-state index contributed by atoms with van der Waals surface area (Å²) >= 11 is 0. The van der Waals surface area contributed by atoms with Crippen LogP contribution in [0.4, 0.5) is 0 Å².